The second kappa shape index (κ2) is 10.1. The van der Waals surface area contributed by atoms with Crippen molar-refractivity contribution in [1.82, 2.24) is 14.0 Å². The van der Waals surface area contributed by atoms with Gasteiger partial charge in [-0.15, -0.1) is 0 Å². The Labute approximate surface area is 205 Å². The molecule has 1 atom stereocenters. The lowest BCUT2D eigenvalue weighted by atomic mass is 10.0. The lowest BCUT2D eigenvalue weighted by Gasteiger charge is -2.30. The molecule has 0 saturated carbocycles. The van der Waals surface area contributed by atoms with Crippen LogP contribution in [-0.4, -0.2) is 26.5 Å². The smallest absolute Gasteiger partial charge is 0.261 e. The number of anilines is 1. The first kappa shape index (κ1) is 22.7. The molecule has 34 heavy (non-hydrogen) atoms. The molecule has 5 nitrogen and oxygen atoms in total. The fraction of sp³-hybridized carbons (Fsp3) is 0.357. The summed E-state index contributed by atoms with van der Waals surface area (Å²) in [6.45, 7) is 4.02. The standard InChI is InChI=1S/C28H31ClN4O/c1-2-3-7-16-32-26(31-17-8-11-24(31)18-21-9-5-4-6-10-21)19-27(34)33-20-25(30-28(32)33)22-12-14-23(29)15-13-22/h4-6,9-10,12-15,19-20,24H,2-3,7-8,11,16-18H2,1H3. The first-order valence-corrected chi connectivity index (χ1v) is 12.7. The molecule has 1 unspecified atom stereocenters. The van der Waals surface area contributed by atoms with E-state index in [1.54, 1.807) is 4.40 Å². The molecule has 5 rings (SSSR count). The van der Waals surface area contributed by atoms with Crippen molar-refractivity contribution < 1.29 is 0 Å². The molecule has 0 amide bonds. The zero-order valence-corrected chi connectivity index (χ0v) is 20.4. The second-order valence-electron chi connectivity index (χ2n) is 9.18. The van der Waals surface area contributed by atoms with Gasteiger partial charge >= 0.3 is 0 Å². The van der Waals surface area contributed by atoms with Crippen LogP contribution in [0.3, 0.4) is 0 Å². The third-order valence-corrected chi connectivity index (χ3v) is 7.06. The van der Waals surface area contributed by atoms with Gasteiger partial charge in [0, 0.05) is 42.0 Å². The van der Waals surface area contributed by atoms with Crippen LogP contribution in [0, 0.1) is 0 Å². The maximum Gasteiger partial charge on any atom is 0.261 e. The molecule has 1 fully saturated rings. The van der Waals surface area contributed by atoms with E-state index in [0.717, 1.165) is 68.7 Å². The Bertz CT molecular complexity index is 1310. The normalized spacial score (nSPS) is 15.9. The van der Waals surface area contributed by atoms with Crippen LogP contribution in [0.2, 0.25) is 5.02 Å². The number of hydrogen-bond acceptors (Lipinski definition) is 3. The van der Waals surface area contributed by atoms with Gasteiger partial charge < -0.3 is 4.90 Å². The van der Waals surface area contributed by atoms with Gasteiger partial charge in [0.1, 0.15) is 5.82 Å². The Balaban J connectivity index is 1.58. The van der Waals surface area contributed by atoms with Crippen LogP contribution in [0.4, 0.5) is 5.82 Å². The van der Waals surface area contributed by atoms with E-state index in [1.807, 2.05) is 36.5 Å². The highest BCUT2D eigenvalue weighted by Crippen LogP contribution is 2.29. The van der Waals surface area contributed by atoms with E-state index < -0.39 is 0 Å². The third-order valence-electron chi connectivity index (χ3n) is 6.81. The Morgan fingerprint density at radius 2 is 1.85 bits per heavy atom. The van der Waals surface area contributed by atoms with Crippen molar-refractivity contribution in [2.75, 3.05) is 11.4 Å². The average molecular weight is 475 g/mol. The van der Waals surface area contributed by atoms with Gasteiger partial charge in [-0.05, 0) is 43.4 Å². The summed E-state index contributed by atoms with van der Waals surface area (Å²) in [4.78, 5) is 20.7. The Morgan fingerprint density at radius 1 is 1.06 bits per heavy atom. The summed E-state index contributed by atoms with van der Waals surface area (Å²) >= 11 is 6.08. The molecule has 176 valence electrons. The highest BCUT2D eigenvalue weighted by atomic mass is 35.5. The summed E-state index contributed by atoms with van der Waals surface area (Å²) in [5, 5.41) is 0.687. The SMILES string of the molecule is CCCCCn1c(N2CCCC2Cc2ccccc2)cc(=O)n2cc(-c3ccc(Cl)cc3)nc12. The number of fused-ring (bicyclic) bond motifs is 1. The molecule has 0 spiro atoms. The highest BCUT2D eigenvalue weighted by molar-refractivity contribution is 6.30. The first-order valence-electron chi connectivity index (χ1n) is 12.3. The highest BCUT2D eigenvalue weighted by Gasteiger charge is 2.28. The van der Waals surface area contributed by atoms with Crippen LogP contribution in [-0.2, 0) is 13.0 Å². The molecule has 6 heteroatoms. The molecule has 0 N–H and O–H groups in total. The molecule has 2 aromatic carbocycles. The lowest BCUT2D eigenvalue weighted by Crippen LogP contribution is -2.35. The van der Waals surface area contributed by atoms with Gasteiger partial charge in [-0.25, -0.2) is 4.98 Å². The zero-order valence-electron chi connectivity index (χ0n) is 19.7. The number of rotatable bonds is 8. The summed E-state index contributed by atoms with van der Waals surface area (Å²) in [6, 6.07) is 20.5. The molecule has 3 heterocycles. The van der Waals surface area contributed by atoms with Crippen LogP contribution in [0.15, 0.2) is 71.7 Å². The van der Waals surface area contributed by atoms with Gasteiger partial charge in [-0.1, -0.05) is 73.8 Å². The summed E-state index contributed by atoms with van der Waals surface area (Å²) in [5.41, 5.74) is 3.05. The minimum atomic E-state index is -0.0326. The number of benzene rings is 2. The van der Waals surface area contributed by atoms with E-state index in [1.165, 1.54) is 5.56 Å². The predicted octanol–water partition coefficient (Wildman–Crippen LogP) is 6.22. The Kier molecular flexibility index (Phi) is 6.73. The molecule has 1 aliphatic rings. The number of halogens is 1. The van der Waals surface area contributed by atoms with E-state index >= 15 is 0 Å². The van der Waals surface area contributed by atoms with E-state index in [-0.39, 0.29) is 5.56 Å². The van der Waals surface area contributed by atoms with E-state index in [4.69, 9.17) is 16.6 Å². The number of unbranched alkanes of at least 4 members (excludes halogenated alkanes) is 2. The molecular weight excluding hydrogens is 444 g/mol. The maximum atomic E-state index is 13.3. The number of hydrogen-bond donors (Lipinski definition) is 0. The number of aryl methyl sites for hydroxylation is 1. The molecule has 0 aliphatic carbocycles. The fourth-order valence-electron chi connectivity index (χ4n) is 5.05. The second-order valence-corrected chi connectivity index (χ2v) is 9.62. The van der Waals surface area contributed by atoms with E-state index in [2.05, 4.69) is 46.7 Å². The quantitative estimate of drug-likeness (QED) is 0.285. The Morgan fingerprint density at radius 3 is 2.62 bits per heavy atom. The summed E-state index contributed by atoms with van der Waals surface area (Å²) < 4.78 is 3.96. The van der Waals surface area contributed by atoms with Crippen molar-refractivity contribution in [3.63, 3.8) is 0 Å². The van der Waals surface area contributed by atoms with Crippen LogP contribution in [0.25, 0.3) is 17.0 Å². The van der Waals surface area contributed by atoms with Crippen molar-refractivity contribution in [2.45, 2.75) is 58.0 Å². The molecule has 4 aromatic rings. The van der Waals surface area contributed by atoms with Gasteiger partial charge in [0.05, 0.1) is 5.69 Å². The third kappa shape index (κ3) is 4.62. The van der Waals surface area contributed by atoms with E-state index in [9.17, 15) is 4.79 Å². The molecular formula is C28H31ClN4O. The molecule has 2 aromatic heterocycles. The summed E-state index contributed by atoms with van der Waals surface area (Å²) in [5.74, 6) is 1.72. The molecule has 0 radical (unpaired) electrons. The number of nitrogens with zero attached hydrogens (tertiary/aromatic N) is 4. The average Bonchev–Trinajstić information content (AvgIpc) is 3.49. The minimum Gasteiger partial charge on any atom is -0.354 e. The summed E-state index contributed by atoms with van der Waals surface area (Å²) in [7, 11) is 0. The van der Waals surface area contributed by atoms with Gasteiger partial charge in [0.2, 0.25) is 5.78 Å². The van der Waals surface area contributed by atoms with Crippen LogP contribution in [0.5, 0.6) is 0 Å². The van der Waals surface area contributed by atoms with Crippen LogP contribution >= 0.6 is 11.6 Å². The van der Waals surface area contributed by atoms with Crippen molar-refractivity contribution in [2.24, 2.45) is 0 Å². The first-order chi connectivity index (χ1) is 16.6. The number of aromatic nitrogens is 3. The van der Waals surface area contributed by atoms with Gasteiger partial charge in [-0.2, -0.15) is 0 Å². The Hall–Kier alpha value is -3.05. The topological polar surface area (TPSA) is 42.5 Å². The lowest BCUT2D eigenvalue weighted by molar-refractivity contribution is 0.579. The van der Waals surface area contributed by atoms with Crippen molar-refractivity contribution >= 4 is 23.2 Å². The summed E-state index contributed by atoms with van der Waals surface area (Å²) in [6.07, 6.45) is 8.46. The zero-order chi connectivity index (χ0) is 23.5. The van der Waals surface area contributed by atoms with Crippen molar-refractivity contribution in [3.8, 4) is 11.3 Å². The fourth-order valence-corrected chi connectivity index (χ4v) is 5.18. The van der Waals surface area contributed by atoms with Crippen LogP contribution < -0.4 is 10.5 Å². The monoisotopic (exact) mass is 474 g/mol. The van der Waals surface area contributed by atoms with Crippen molar-refractivity contribution in [1.29, 1.82) is 0 Å². The number of imidazole rings is 1. The van der Waals surface area contributed by atoms with Gasteiger partial charge in [0.25, 0.3) is 5.56 Å². The van der Waals surface area contributed by atoms with Crippen molar-refractivity contribution in [3.05, 3.63) is 87.8 Å². The largest absolute Gasteiger partial charge is 0.354 e. The van der Waals surface area contributed by atoms with Gasteiger partial charge in [-0.3, -0.25) is 13.8 Å². The molecule has 1 aliphatic heterocycles. The minimum absolute atomic E-state index is 0.0326. The maximum absolute atomic E-state index is 13.3. The predicted molar refractivity (Wildman–Crippen MR) is 140 cm³/mol. The van der Waals surface area contributed by atoms with E-state index in [0.29, 0.717) is 16.8 Å². The van der Waals surface area contributed by atoms with Gasteiger partial charge in [0.15, 0.2) is 0 Å². The molecule has 1 saturated heterocycles. The van der Waals surface area contributed by atoms with Crippen LogP contribution in [0.1, 0.15) is 44.6 Å². The molecule has 0 bridgehead atoms.